The molecule has 1 aromatic rings. The average molecular weight is 376 g/mol. The molecular weight excluding hydrogens is 344 g/mol. The zero-order chi connectivity index (χ0) is 20.0. The lowest BCUT2D eigenvalue weighted by Gasteiger charge is -2.36. The van der Waals surface area contributed by atoms with Crippen molar-refractivity contribution in [3.63, 3.8) is 0 Å². The van der Waals surface area contributed by atoms with Crippen LogP contribution >= 0.6 is 0 Å². The highest BCUT2D eigenvalue weighted by molar-refractivity contribution is 5.82. The zero-order valence-electron chi connectivity index (χ0n) is 17.1. The SMILES string of the molecule is COC(C(=O)N1CCCC(CN(C)C(=O)OC(C)(C)C)C1)c1ccccc1. The average Bonchev–Trinajstić information content (AvgIpc) is 2.62. The Hall–Kier alpha value is -2.08. The summed E-state index contributed by atoms with van der Waals surface area (Å²) in [6, 6.07) is 9.55. The molecule has 0 spiro atoms. The molecule has 150 valence electrons. The van der Waals surface area contributed by atoms with Gasteiger partial charge in [0.05, 0.1) is 0 Å². The lowest BCUT2D eigenvalue weighted by Crippen LogP contribution is -2.46. The van der Waals surface area contributed by atoms with Gasteiger partial charge in [-0.1, -0.05) is 30.3 Å². The van der Waals surface area contributed by atoms with Crippen molar-refractivity contribution < 1.29 is 19.1 Å². The van der Waals surface area contributed by atoms with E-state index in [0.29, 0.717) is 13.1 Å². The van der Waals surface area contributed by atoms with Crippen LogP contribution in [0.1, 0.15) is 45.3 Å². The van der Waals surface area contributed by atoms with Crippen LogP contribution in [0.25, 0.3) is 0 Å². The van der Waals surface area contributed by atoms with Crippen LogP contribution in [-0.2, 0) is 14.3 Å². The van der Waals surface area contributed by atoms with Crippen molar-refractivity contribution in [1.29, 1.82) is 0 Å². The zero-order valence-corrected chi connectivity index (χ0v) is 17.1. The molecule has 0 N–H and O–H groups in total. The minimum atomic E-state index is -0.589. The van der Waals surface area contributed by atoms with Crippen LogP contribution in [0.4, 0.5) is 4.79 Å². The molecular formula is C21H32N2O4. The summed E-state index contributed by atoms with van der Waals surface area (Å²) in [6.07, 6.45) is 0.988. The first-order chi connectivity index (χ1) is 12.7. The van der Waals surface area contributed by atoms with Gasteiger partial charge in [0.25, 0.3) is 5.91 Å². The molecule has 0 aromatic heterocycles. The number of hydrogen-bond donors (Lipinski definition) is 0. The molecule has 2 rings (SSSR count). The van der Waals surface area contributed by atoms with Gasteiger partial charge in [0.1, 0.15) is 5.60 Å². The van der Waals surface area contributed by atoms with Gasteiger partial charge in [-0.2, -0.15) is 0 Å². The summed E-state index contributed by atoms with van der Waals surface area (Å²) in [5, 5.41) is 0. The third kappa shape index (κ3) is 6.24. The molecule has 1 heterocycles. The lowest BCUT2D eigenvalue weighted by molar-refractivity contribution is -0.144. The first kappa shape index (κ1) is 21.2. The van der Waals surface area contributed by atoms with E-state index in [-0.39, 0.29) is 17.9 Å². The van der Waals surface area contributed by atoms with Crippen molar-refractivity contribution in [1.82, 2.24) is 9.80 Å². The number of hydrogen-bond acceptors (Lipinski definition) is 4. The smallest absolute Gasteiger partial charge is 0.410 e. The standard InChI is InChI=1S/C21H32N2O4/c1-21(2,3)27-20(25)22(4)14-16-10-9-13-23(15-16)19(24)18(26-5)17-11-7-6-8-12-17/h6-8,11-12,16,18H,9-10,13-15H2,1-5H3. The first-order valence-electron chi connectivity index (χ1n) is 9.52. The lowest BCUT2D eigenvalue weighted by atomic mass is 9.96. The van der Waals surface area contributed by atoms with Crippen molar-refractivity contribution in [3.05, 3.63) is 35.9 Å². The summed E-state index contributed by atoms with van der Waals surface area (Å²) >= 11 is 0. The quantitative estimate of drug-likeness (QED) is 0.789. The van der Waals surface area contributed by atoms with E-state index in [2.05, 4.69) is 0 Å². The van der Waals surface area contributed by atoms with Crippen molar-refractivity contribution in [3.8, 4) is 0 Å². The van der Waals surface area contributed by atoms with E-state index in [1.54, 1.807) is 19.1 Å². The van der Waals surface area contributed by atoms with E-state index in [1.165, 1.54) is 0 Å². The number of amides is 2. The topological polar surface area (TPSA) is 59.1 Å². The highest BCUT2D eigenvalue weighted by Gasteiger charge is 2.31. The van der Waals surface area contributed by atoms with Gasteiger partial charge in [0.2, 0.25) is 0 Å². The molecule has 1 aromatic carbocycles. The highest BCUT2D eigenvalue weighted by Crippen LogP contribution is 2.24. The molecule has 0 aliphatic carbocycles. The molecule has 1 aliphatic rings. The Morgan fingerprint density at radius 2 is 1.93 bits per heavy atom. The summed E-state index contributed by atoms with van der Waals surface area (Å²) in [6.45, 7) is 7.48. The Morgan fingerprint density at radius 3 is 2.52 bits per heavy atom. The molecule has 1 aliphatic heterocycles. The fourth-order valence-electron chi connectivity index (χ4n) is 3.39. The van der Waals surface area contributed by atoms with Crippen molar-refractivity contribution in [2.24, 2.45) is 5.92 Å². The van der Waals surface area contributed by atoms with Gasteiger partial charge in [-0.25, -0.2) is 4.79 Å². The minimum absolute atomic E-state index is 0.0201. The third-order valence-corrected chi connectivity index (χ3v) is 4.63. The van der Waals surface area contributed by atoms with Gasteiger partial charge in [0, 0.05) is 33.8 Å². The number of carbonyl (C=O) groups excluding carboxylic acids is 2. The Balaban J connectivity index is 1.96. The van der Waals surface area contributed by atoms with Crippen LogP contribution in [0.2, 0.25) is 0 Å². The number of carbonyl (C=O) groups is 2. The summed E-state index contributed by atoms with van der Waals surface area (Å²) in [5.74, 6) is 0.210. The maximum atomic E-state index is 13.0. The fraction of sp³-hybridized carbons (Fsp3) is 0.619. The maximum Gasteiger partial charge on any atom is 0.410 e. The second kappa shape index (κ2) is 9.22. The number of nitrogens with zero attached hydrogens (tertiary/aromatic N) is 2. The number of benzene rings is 1. The monoisotopic (exact) mass is 376 g/mol. The van der Waals surface area contributed by atoms with E-state index in [4.69, 9.17) is 9.47 Å². The normalized spacial score (nSPS) is 18.7. The van der Waals surface area contributed by atoms with Crippen LogP contribution in [0.5, 0.6) is 0 Å². The van der Waals surface area contributed by atoms with E-state index in [9.17, 15) is 9.59 Å². The van der Waals surface area contributed by atoms with Crippen LogP contribution in [0.15, 0.2) is 30.3 Å². The molecule has 27 heavy (non-hydrogen) atoms. The van der Waals surface area contributed by atoms with E-state index in [1.807, 2.05) is 56.0 Å². The second-order valence-corrected chi connectivity index (χ2v) is 8.18. The number of methoxy groups -OCH3 is 1. The Morgan fingerprint density at radius 1 is 1.26 bits per heavy atom. The van der Waals surface area contributed by atoms with Gasteiger partial charge in [-0.3, -0.25) is 4.79 Å². The number of piperidine rings is 1. The predicted molar refractivity (Wildman–Crippen MR) is 104 cm³/mol. The largest absolute Gasteiger partial charge is 0.444 e. The van der Waals surface area contributed by atoms with Crippen molar-refractivity contribution >= 4 is 12.0 Å². The van der Waals surface area contributed by atoms with Crippen LogP contribution in [0.3, 0.4) is 0 Å². The number of rotatable bonds is 5. The molecule has 6 nitrogen and oxygen atoms in total. The first-order valence-corrected chi connectivity index (χ1v) is 9.52. The Bertz CT molecular complexity index is 627. The van der Waals surface area contributed by atoms with E-state index in [0.717, 1.165) is 24.9 Å². The second-order valence-electron chi connectivity index (χ2n) is 8.18. The molecule has 0 bridgehead atoms. The molecule has 6 heteroatoms. The van der Waals surface area contributed by atoms with Crippen molar-refractivity contribution in [2.75, 3.05) is 33.8 Å². The van der Waals surface area contributed by atoms with Crippen molar-refractivity contribution in [2.45, 2.75) is 45.3 Å². The van der Waals surface area contributed by atoms with Crippen LogP contribution in [-0.4, -0.2) is 61.2 Å². The summed E-state index contributed by atoms with van der Waals surface area (Å²) in [5.41, 5.74) is 0.347. The maximum absolute atomic E-state index is 13.0. The highest BCUT2D eigenvalue weighted by atomic mass is 16.6. The molecule has 1 fully saturated rings. The summed E-state index contributed by atoms with van der Waals surface area (Å²) in [4.78, 5) is 28.6. The van der Waals surface area contributed by atoms with Crippen LogP contribution < -0.4 is 0 Å². The fourth-order valence-corrected chi connectivity index (χ4v) is 3.39. The Labute approximate surface area is 162 Å². The Kier molecular flexibility index (Phi) is 7.25. The van der Waals surface area contributed by atoms with Gasteiger partial charge in [0.15, 0.2) is 6.10 Å². The van der Waals surface area contributed by atoms with Gasteiger partial charge in [-0.05, 0) is 45.1 Å². The van der Waals surface area contributed by atoms with Crippen LogP contribution in [0, 0.1) is 5.92 Å². The molecule has 0 radical (unpaired) electrons. The minimum Gasteiger partial charge on any atom is -0.444 e. The summed E-state index contributed by atoms with van der Waals surface area (Å²) in [7, 11) is 3.31. The molecule has 0 saturated carbocycles. The summed E-state index contributed by atoms with van der Waals surface area (Å²) < 4.78 is 10.9. The van der Waals surface area contributed by atoms with Gasteiger partial charge >= 0.3 is 6.09 Å². The predicted octanol–water partition coefficient (Wildman–Crippen LogP) is 3.48. The molecule has 2 amide bonds. The van der Waals surface area contributed by atoms with E-state index < -0.39 is 11.7 Å². The van der Waals surface area contributed by atoms with Gasteiger partial charge in [-0.15, -0.1) is 0 Å². The molecule has 2 unspecified atom stereocenters. The number of likely N-dealkylation sites (tertiary alicyclic amines) is 1. The third-order valence-electron chi connectivity index (χ3n) is 4.63. The van der Waals surface area contributed by atoms with E-state index >= 15 is 0 Å². The molecule has 2 atom stereocenters. The number of ether oxygens (including phenoxy) is 2. The van der Waals surface area contributed by atoms with Gasteiger partial charge < -0.3 is 19.3 Å². The molecule has 1 saturated heterocycles.